The second-order valence-corrected chi connectivity index (χ2v) is 7.50. The summed E-state index contributed by atoms with van der Waals surface area (Å²) in [7, 11) is 0. The molecule has 0 saturated carbocycles. The molecule has 1 atom stereocenters. The quantitative estimate of drug-likeness (QED) is 0.643. The number of fused-ring (bicyclic) bond motifs is 1. The molecule has 2 aromatic rings. The lowest BCUT2D eigenvalue weighted by Crippen LogP contribution is -2.52. The summed E-state index contributed by atoms with van der Waals surface area (Å²) in [6.07, 6.45) is -0.322. The van der Waals surface area contributed by atoms with Crippen molar-refractivity contribution in [3.05, 3.63) is 59.2 Å². The number of amides is 4. The first-order chi connectivity index (χ1) is 15.8. The van der Waals surface area contributed by atoms with Gasteiger partial charge in [0.15, 0.2) is 0 Å². The topological polar surface area (TPSA) is 114 Å². The maximum atomic E-state index is 12.8. The highest BCUT2D eigenvalue weighted by molar-refractivity contribution is 6.05. The van der Waals surface area contributed by atoms with Gasteiger partial charge in [0, 0.05) is 24.2 Å². The van der Waals surface area contributed by atoms with Crippen LogP contribution in [0.5, 0.6) is 5.75 Å². The number of anilines is 1. The molecule has 2 aromatic carbocycles. The highest BCUT2D eigenvalue weighted by atomic mass is 19.3. The number of ether oxygens (including phenoxy) is 2. The zero-order valence-electron chi connectivity index (χ0n) is 17.2. The van der Waals surface area contributed by atoms with E-state index < -0.39 is 24.7 Å². The zero-order valence-corrected chi connectivity index (χ0v) is 17.2. The molecule has 0 aliphatic carbocycles. The van der Waals surface area contributed by atoms with E-state index in [1.807, 2.05) is 0 Å². The average Bonchev–Trinajstić information content (AvgIpc) is 3.09. The number of carbonyl (C=O) groups is 4. The summed E-state index contributed by atoms with van der Waals surface area (Å²) in [5.74, 6) is -1.20. The van der Waals surface area contributed by atoms with Crippen LogP contribution < -0.4 is 15.4 Å². The molecule has 1 saturated heterocycles. The molecule has 1 fully saturated rings. The fraction of sp³-hybridized carbons (Fsp3) is 0.273. The van der Waals surface area contributed by atoms with E-state index in [9.17, 15) is 28.0 Å². The molecule has 4 rings (SSSR count). The Labute approximate surface area is 186 Å². The summed E-state index contributed by atoms with van der Waals surface area (Å²) in [6, 6.07) is 9.68. The maximum Gasteiger partial charge on any atom is 0.411 e. The van der Waals surface area contributed by atoms with Crippen molar-refractivity contribution in [2.75, 3.05) is 5.32 Å². The molecular weight excluding hydrogens is 440 g/mol. The van der Waals surface area contributed by atoms with Gasteiger partial charge in [-0.3, -0.25) is 25.0 Å². The molecule has 2 N–H and O–H groups in total. The van der Waals surface area contributed by atoms with Gasteiger partial charge >= 0.3 is 12.7 Å². The van der Waals surface area contributed by atoms with E-state index in [0.717, 1.165) is 5.56 Å². The molecule has 0 radical (unpaired) electrons. The fourth-order valence-corrected chi connectivity index (χ4v) is 3.71. The number of alkyl halides is 2. The van der Waals surface area contributed by atoms with E-state index in [1.165, 1.54) is 29.2 Å². The summed E-state index contributed by atoms with van der Waals surface area (Å²) in [5.41, 5.74) is 2.05. The largest absolute Gasteiger partial charge is 0.444 e. The highest BCUT2D eigenvalue weighted by Gasteiger charge is 2.39. The molecule has 1 unspecified atom stereocenters. The van der Waals surface area contributed by atoms with Crippen molar-refractivity contribution in [3.63, 3.8) is 0 Å². The Balaban J connectivity index is 1.33. The van der Waals surface area contributed by atoms with Crippen molar-refractivity contribution in [3.8, 4) is 5.75 Å². The zero-order chi connectivity index (χ0) is 23.5. The summed E-state index contributed by atoms with van der Waals surface area (Å²) < 4.78 is 33.8. The third-order valence-corrected chi connectivity index (χ3v) is 5.29. The highest BCUT2D eigenvalue weighted by Crippen LogP contribution is 2.28. The van der Waals surface area contributed by atoms with Crippen LogP contribution in [0.15, 0.2) is 42.5 Å². The van der Waals surface area contributed by atoms with Crippen LogP contribution in [0, 0.1) is 0 Å². The van der Waals surface area contributed by atoms with Gasteiger partial charge in [0.05, 0.1) is 0 Å². The van der Waals surface area contributed by atoms with Crippen LogP contribution in [-0.2, 0) is 27.5 Å². The van der Waals surface area contributed by atoms with Crippen LogP contribution in [0.2, 0.25) is 0 Å². The van der Waals surface area contributed by atoms with Crippen LogP contribution in [0.3, 0.4) is 0 Å². The summed E-state index contributed by atoms with van der Waals surface area (Å²) in [6.45, 7) is -2.80. The normalized spacial score (nSPS) is 17.6. The third kappa shape index (κ3) is 5.08. The van der Waals surface area contributed by atoms with Crippen molar-refractivity contribution < 1.29 is 37.4 Å². The SMILES string of the molecule is O=C1CCC(N2Cc3ccc(COC(=O)Nc4ccc(OC(F)F)cc4)cc3C2=O)C(=O)N1. The standard InChI is InChI=1S/C22H19F2N3O6/c23-21(24)33-15-5-3-14(4-6-15)25-22(31)32-11-12-1-2-13-10-27(20(30)16(13)9-12)17-7-8-18(28)26-19(17)29/h1-6,9,17,21H,7-8,10-11H2,(H,25,31)(H,26,28,29). The van der Waals surface area contributed by atoms with Crippen LogP contribution >= 0.6 is 0 Å². The van der Waals surface area contributed by atoms with Gasteiger partial charge in [-0.2, -0.15) is 8.78 Å². The number of hydrogen-bond acceptors (Lipinski definition) is 6. The van der Waals surface area contributed by atoms with E-state index in [-0.39, 0.29) is 43.6 Å². The molecule has 0 spiro atoms. The van der Waals surface area contributed by atoms with Crippen molar-refractivity contribution in [2.45, 2.75) is 38.6 Å². The van der Waals surface area contributed by atoms with Crippen LogP contribution in [0.4, 0.5) is 19.3 Å². The van der Waals surface area contributed by atoms with Gasteiger partial charge < -0.3 is 14.4 Å². The third-order valence-electron chi connectivity index (χ3n) is 5.29. The summed E-state index contributed by atoms with van der Waals surface area (Å²) in [5, 5.41) is 4.71. The van der Waals surface area contributed by atoms with Crippen LogP contribution in [-0.4, -0.2) is 41.4 Å². The Hall–Kier alpha value is -4.02. The Morgan fingerprint density at radius 3 is 2.61 bits per heavy atom. The molecule has 11 heteroatoms. The van der Waals surface area contributed by atoms with Crippen molar-refractivity contribution in [2.24, 2.45) is 0 Å². The van der Waals surface area contributed by atoms with Gasteiger partial charge in [-0.1, -0.05) is 12.1 Å². The molecule has 0 bridgehead atoms. The minimum atomic E-state index is -2.94. The molecule has 9 nitrogen and oxygen atoms in total. The van der Waals surface area contributed by atoms with E-state index >= 15 is 0 Å². The van der Waals surface area contributed by atoms with Gasteiger partial charge in [-0.05, 0) is 47.9 Å². The number of carbonyl (C=O) groups excluding carboxylic acids is 4. The van der Waals surface area contributed by atoms with Crippen LogP contribution in [0.25, 0.3) is 0 Å². The first-order valence-electron chi connectivity index (χ1n) is 10.1. The predicted octanol–water partition coefficient (Wildman–Crippen LogP) is 2.80. The van der Waals surface area contributed by atoms with E-state index in [0.29, 0.717) is 16.8 Å². The minimum absolute atomic E-state index is 0.0434. The second-order valence-electron chi connectivity index (χ2n) is 7.50. The Morgan fingerprint density at radius 2 is 1.91 bits per heavy atom. The first-order valence-corrected chi connectivity index (χ1v) is 10.1. The van der Waals surface area contributed by atoms with Crippen molar-refractivity contribution in [1.82, 2.24) is 10.2 Å². The summed E-state index contributed by atoms with van der Waals surface area (Å²) >= 11 is 0. The molecule has 4 amide bonds. The van der Waals surface area contributed by atoms with Gasteiger partial charge in [0.2, 0.25) is 11.8 Å². The van der Waals surface area contributed by atoms with Gasteiger partial charge in [0.25, 0.3) is 5.91 Å². The molecule has 2 aliphatic heterocycles. The van der Waals surface area contributed by atoms with Gasteiger partial charge in [-0.15, -0.1) is 0 Å². The Morgan fingerprint density at radius 1 is 1.15 bits per heavy atom. The molecule has 33 heavy (non-hydrogen) atoms. The molecule has 0 aromatic heterocycles. The monoisotopic (exact) mass is 459 g/mol. The number of rotatable bonds is 6. The number of imide groups is 1. The van der Waals surface area contributed by atoms with E-state index in [4.69, 9.17) is 4.74 Å². The lowest BCUT2D eigenvalue weighted by atomic mass is 10.0. The predicted molar refractivity (Wildman–Crippen MR) is 109 cm³/mol. The van der Waals surface area contributed by atoms with E-state index in [1.54, 1.807) is 18.2 Å². The summed E-state index contributed by atoms with van der Waals surface area (Å²) in [4.78, 5) is 49.8. The van der Waals surface area contributed by atoms with E-state index in [2.05, 4.69) is 15.4 Å². The van der Waals surface area contributed by atoms with Crippen molar-refractivity contribution >= 4 is 29.5 Å². The first kappa shape index (κ1) is 22.2. The van der Waals surface area contributed by atoms with Crippen molar-refractivity contribution in [1.29, 1.82) is 0 Å². The molecule has 172 valence electrons. The number of nitrogens with zero attached hydrogens (tertiary/aromatic N) is 1. The minimum Gasteiger partial charge on any atom is -0.444 e. The molecule has 2 aliphatic rings. The number of halogens is 2. The smallest absolute Gasteiger partial charge is 0.411 e. The second kappa shape index (κ2) is 9.23. The number of benzene rings is 2. The lowest BCUT2D eigenvalue weighted by Gasteiger charge is -2.29. The molecule has 2 heterocycles. The lowest BCUT2D eigenvalue weighted by molar-refractivity contribution is -0.136. The number of hydrogen-bond donors (Lipinski definition) is 2. The Bertz CT molecular complexity index is 1110. The van der Waals surface area contributed by atoms with Gasteiger partial charge in [0.1, 0.15) is 18.4 Å². The maximum absolute atomic E-state index is 12.8. The fourth-order valence-electron chi connectivity index (χ4n) is 3.71. The Kier molecular flexibility index (Phi) is 6.20. The van der Waals surface area contributed by atoms with Crippen LogP contribution in [0.1, 0.15) is 34.3 Å². The van der Waals surface area contributed by atoms with Gasteiger partial charge in [-0.25, -0.2) is 4.79 Å². The number of piperidine rings is 1. The number of nitrogens with one attached hydrogen (secondary N) is 2. The molecular formula is C22H19F2N3O6. The average molecular weight is 459 g/mol.